The lowest BCUT2D eigenvalue weighted by atomic mass is 9.89. The molecule has 0 aliphatic carbocycles. The molecule has 164 valence electrons. The van der Waals surface area contributed by atoms with E-state index in [4.69, 9.17) is 9.73 Å². The molecular weight excluding hydrogens is 360 g/mol. The Hall–Kier alpha value is -1.59. The lowest BCUT2D eigenvalue weighted by Gasteiger charge is -2.31. The molecule has 0 spiro atoms. The van der Waals surface area contributed by atoms with Gasteiger partial charge in [-0.25, -0.2) is 0 Å². The van der Waals surface area contributed by atoms with Crippen molar-refractivity contribution in [3.63, 3.8) is 0 Å². The molecule has 0 bridgehead atoms. The third kappa shape index (κ3) is 8.35. The zero-order valence-electron chi connectivity index (χ0n) is 19.0. The van der Waals surface area contributed by atoms with Gasteiger partial charge >= 0.3 is 0 Å². The standard InChI is InChI=1S/C24H42N4O/c1-5-25-24(27-20(4)13-11-17-28(6-2)7-3)26-19-22-16-12-18-29-23(22)21-14-9-8-10-15-21/h8-10,14-15,20,22-23H,5-7,11-13,16-19H2,1-4H3,(H2,25,26,27). The number of rotatable bonds is 11. The van der Waals surface area contributed by atoms with Crippen molar-refractivity contribution in [1.29, 1.82) is 0 Å². The fourth-order valence-electron chi connectivity index (χ4n) is 4.04. The number of nitrogens with zero attached hydrogens (tertiary/aromatic N) is 2. The Morgan fingerprint density at radius 3 is 2.66 bits per heavy atom. The molecule has 2 N–H and O–H groups in total. The van der Waals surface area contributed by atoms with E-state index in [2.05, 4.69) is 73.6 Å². The molecule has 29 heavy (non-hydrogen) atoms. The van der Waals surface area contributed by atoms with Gasteiger partial charge in [-0.1, -0.05) is 44.2 Å². The summed E-state index contributed by atoms with van der Waals surface area (Å²) >= 11 is 0. The molecule has 5 nitrogen and oxygen atoms in total. The van der Waals surface area contributed by atoms with Gasteiger partial charge in [0.25, 0.3) is 0 Å². The molecule has 1 fully saturated rings. The summed E-state index contributed by atoms with van der Waals surface area (Å²) in [5.41, 5.74) is 1.27. The molecule has 2 rings (SSSR count). The van der Waals surface area contributed by atoms with Gasteiger partial charge in [0.05, 0.1) is 6.10 Å². The maximum absolute atomic E-state index is 6.13. The summed E-state index contributed by atoms with van der Waals surface area (Å²) in [6.07, 6.45) is 4.81. The van der Waals surface area contributed by atoms with Crippen LogP contribution in [-0.4, -0.2) is 56.2 Å². The van der Waals surface area contributed by atoms with Gasteiger partial charge in [-0.2, -0.15) is 0 Å². The van der Waals surface area contributed by atoms with Crippen LogP contribution in [-0.2, 0) is 4.74 Å². The first-order chi connectivity index (χ1) is 14.2. The molecule has 1 aliphatic rings. The summed E-state index contributed by atoms with van der Waals surface area (Å²) in [5.74, 6) is 1.36. The fourth-order valence-corrected chi connectivity index (χ4v) is 4.04. The number of nitrogens with one attached hydrogen (secondary N) is 2. The fraction of sp³-hybridized carbons (Fsp3) is 0.708. The normalized spacial score (nSPS) is 21.2. The average molecular weight is 403 g/mol. The van der Waals surface area contributed by atoms with Crippen LogP contribution in [0.5, 0.6) is 0 Å². The van der Waals surface area contributed by atoms with E-state index < -0.39 is 0 Å². The van der Waals surface area contributed by atoms with Gasteiger partial charge in [-0.05, 0) is 64.7 Å². The molecule has 1 saturated heterocycles. The smallest absolute Gasteiger partial charge is 0.191 e. The van der Waals surface area contributed by atoms with Gasteiger partial charge in [-0.3, -0.25) is 4.99 Å². The van der Waals surface area contributed by atoms with Gasteiger partial charge in [0.2, 0.25) is 0 Å². The van der Waals surface area contributed by atoms with Crippen LogP contribution in [0.15, 0.2) is 35.3 Å². The van der Waals surface area contributed by atoms with E-state index in [0.29, 0.717) is 12.0 Å². The molecule has 3 unspecified atom stereocenters. The van der Waals surface area contributed by atoms with Crippen molar-refractivity contribution in [2.45, 2.75) is 65.5 Å². The molecule has 1 aromatic rings. The number of benzene rings is 1. The van der Waals surface area contributed by atoms with Gasteiger partial charge < -0.3 is 20.3 Å². The molecule has 5 heteroatoms. The molecule has 1 aliphatic heterocycles. The summed E-state index contributed by atoms with van der Waals surface area (Å²) in [6.45, 7) is 14.8. The minimum absolute atomic E-state index is 0.156. The second-order valence-electron chi connectivity index (χ2n) is 8.04. The highest BCUT2D eigenvalue weighted by molar-refractivity contribution is 5.80. The zero-order chi connectivity index (χ0) is 20.9. The average Bonchev–Trinajstić information content (AvgIpc) is 2.76. The van der Waals surface area contributed by atoms with Crippen LogP contribution in [0.4, 0.5) is 0 Å². The van der Waals surface area contributed by atoms with Crippen molar-refractivity contribution in [3.05, 3.63) is 35.9 Å². The van der Waals surface area contributed by atoms with E-state index in [0.717, 1.165) is 51.6 Å². The number of guanidine groups is 1. The first kappa shape index (κ1) is 23.7. The summed E-state index contributed by atoms with van der Waals surface area (Å²) in [7, 11) is 0. The van der Waals surface area contributed by atoms with Crippen LogP contribution in [0, 0.1) is 5.92 Å². The van der Waals surface area contributed by atoms with Crippen LogP contribution in [0.2, 0.25) is 0 Å². The zero-order valence-corrected chi connectivity index (χ0v) is 19.0. The molecule has 0 radical (unpaired) electrons. The predicted octanol–water partition coefficient (Wildman–Crippen LogP) is 4.22. The summed E-state index contributed by atoms with van der Waals surface area (Å²) in [5, 5.41) is 7.02. The largest absolute Gasteiger partial charge is 0.373 e. The van der Waals surface area contributed by atoms with Gasteiger partial charge in [0, 0.05) is 31.7 Å². The Morgan fingerprint density at radius 1 is 1.21 bits per heavy atom. The maximum atomic E-state index is 6.13. The minimum atomic E-state index is 0.156. The van der Waals surface area contributed by atoms with Crippen molar-refractivity contribution in [3.8, 4) is 0 Å². The molecule has 0 saturated carbocycles. The van der Waals surface area contributed by atoms with Crippen molar-refractivity contribution in [2.75, 3.05) is 39.3 Å². The molecule has 1 heterocycles. The highest BCUT2D eigenvalue weighted by Crippen LogP contribution is 2.33. The Labute approximate surface area is 178 Å². The SMILES string of the molecule is CCNC(=NCC1CCCOC1c1ccccc1)NC(C)CCCN(CC)CC. The van der Waals surface area contributed by atoms with Crippen molar-refractivity contribution in [2.24, 2.45) is 10.9 Å². The van der Waals surface area contributed by atoms with Crippen molar-refractivity contribution in [1.82, 2.24) is 15.5 Å². The maximum Gasteiger partial charge on any atom is 0.191 e. The second kappa shape index (κ2) is 13.6. The first-order valence-corrected chi connectivity index (χ1v) is 11.6. The topological polar surface area (TPSA) is 48.9 Å². The van der Waals surface area contributed by atoms with E-state index in [1.54, 1.807) is 0 Å². The number of ether oxygens (including phenoxy) is 1. The number of aliphatic imine (C=N–C) groups is 1. The molecule has 3 atom stereocenters. The monoisotopic (exact) mass is 402 g/mol. The third-order valence-electron chi connectivity index (χ3n) is 5.79. The lowest BCUT2D eigenvalue weighted by molar-refractivity contribution is -0.0250. The van der Waals surface area contributed by atoms with Crippen LogP contribution in [0.1, 0.15) is 65.0 Å². The predicted molar refractivity (Wildman–Crippen MR) is 123 cm³/mol. The minimum Gasteiger partial charge on any atom is -0.373 e. The Bertz CT molecular complexity index is 574. The first-order valence-electron chi connectivity index (χ1n) is 11.6. The van der Waals surface area contributed by atoms with E-state index in [1.165, 1.54) is 24.9 Å². The molecule has 1 aromatic carbocycles. The van der Waals surface area contributed by atoms with Gasteiger partial charge in [-0.15, -0.1) is 0 Å². The summed E-state index contributed by atoms with van der Waals surface area (Å²) in [6, 6.07) is 11.0. The van der Waals surface area contributed by atoms with E-state index in [-0.39, 0.29) is 6.10 Å². The van der Waals surface area contributed by atoms with Crippen LogP contribution in [0.3, 0.4) is 0 Å². The highest BCUT2D eigenvalue weighted by Gasteiger charge is 2.27. The van der Waals surface area contributed by atoms with Crippen LogP contribution < -0.4 is 10.6 Å². The summed E-state index contributed by atoms with van der Waals surface area (Å²) in [4.78, 5) is 7.42. The van der Waals surface area contributed by atoms with E-state index in [9.17, 15) is 0 Å². The van der Waals surface area contributed by atoms with Gasteiger partial charge in [0.1, 0.15) is 0 Å². The highest BCUT2D eigenvalue weighted by atomic mass is 16.5. The molecule has 0 amide bonds. The van der Waals surface area contributed by atoms with E-state index >= 15 is 0 Å². The molecular formula is C24H42N4O. The Balaban J connectivity index is 1.89. The van der Waals surface area contributed by atoms with Gasteiger partial charge in [0.15, 0.2) is 5.96 Å². The molecule has 0 aromatic heterocycles. The number of hydrogen-bond acceptors (Lipinski definition) is 3. The van der Waals surface area contributed by atoms with E-state index in [1.807, 2.05) is 0 Å². The van der Waals surface area contributed by atoms with Crippen molar-refractivity contribution < 1.29 is 4.74 Å². The Kier molecular flexibility index (Phi) is 11.1. The lowest BCUT2D eigenvalue weighted by Crippen LogP contribution is -2.43. The van der Waals surface area contributed by atoms with Crippen molar-refractivity contribution >= 4 is 5.96 Å². The Morgan fingerprint density at radius 2 is 1.97 bits per heavy atom. The van der Waals surface area contributed by atoms with Crippen LogP contribution >= 0.6 is 0 Å². The second-order valence-corrected chi connectivity index (χ2v) is 8.04. The quantitative estimate of drug-likeness (QED) is 0.430. The number of hydrogen-bond donors (Lipinski definition) is 2. The third-order valence-corrected chi connectivity index (χ3v) is 5.79. The summed E-state index contributed by atoms with van der Waals surface area (Å²) < 4.78 is 6.13. The van der Waals surface area contributed by atoms with Crippen LogP contribution in [0.25, 0.3) is 0 Å².